The van der Waals surface area contributed by atoms with Crippen molar-refractivity contribution in [3.05, 3.63) is 27.7 Å². The molecule has 0 amide bonds. The molecule has 1 N–H and O–H groups in total. The Hall–Kier alpha value is -0.290. The Kier molecular flexibility index (Phi) is 3.42. The predicted octanol–water partition coefficient (Wildman–Crippen LogP) is 2.68. The van der Waals surface area contributed by atoms with Gasteiger partial charge >= 0.3 is 0 Å². The Morgan fingerprint density at radius 3 is 2.47 bits per heavy atom. The maximum absolute atomic E-state index is 12.1. The third-order valence-corrected chi connectivity index (χ3v) is 5.86. The van der Waals surface area contributed by atoms with Crippen LogP contribution in [0.15, 0.2) is 17.0 Å². The maximum Gasteiger partial charge on any atom is 0.180 e. The van der Waals surface area contributed by atoms with Gasteiger partial charge in [-0.1, -0.05) is 30.1 Å². The van der Waals surface area contributed by atoms with Gasteiger partial charge in [0.15, 0.2) is 9.84 Å². The SMILES string of the molecule is CNC1c2c(Cl)ccc(Cl)c2S(=O)(=O)CC1C. The fraction of sp³-hybridized carbons (Fsp3) is 0.455. The average Bonchev–Trinajstić information content (AvgIpc) is 2.22. The molecule has 17 heavy (non-hydrogen) atoms. The molecule has 1 heterocycles. The molecule has 1 aliphatic heterocycles. The van der Waals surface area contributed by atoms with Crippen LogP contribution >= 0.6 is 23.2 Å². The van der Waals surface area contributed by atoms with Crippen LogP contribution < -0.4 is 5.32 Å². The summed E-state index contributed by atoms with van der Waals surface area (Å²) in [6.07, 6.45) is 0. The lowest BCUT2D eigenvalue weighted by molar-refractivity contribution is 0.421. The van der Waals surface area contributed by atoms with E-state index in [2.05, 4.69) is 5.32 Å². The summed E-state index contributed by atoms with van der Waals surface area (Å²) in [5, 5.41) is 3.80. The van der Waals surface area contributed by atoms with Crippen molar-refractivity contribution in [2.24, 2.45) is 5.92 Å². The molecule has 6 heteroatoms. The molecule has 2 unspecified atom stereocenters. The van der Waals surface area contributed by atoms with Gasteiger partial charge in [-0.15, -0.1) is 0 Å². The van der Waals surface area contributed by atoms with E-state index >= 15 is 0 Å². The standard InChI is InChI=1S/C11H13Cl2NO2S/c1-6-5-17(15,16)11-8(13)4-3-7(12)9(11)10(6)14-2/h3-4,6,10,14H,5H2,1-2H3. The molecule has 2 rings (SSSR count). The molecule has 0 radical (unpaired) electrons. The molecule has 0 aromatic heterocycles. The van der Waals surface area contributed by atoms with Crippen molar-refractivity contribution >= 4 is 33.0 Å². The van der Waals surface area contributed by atoms with Crippen LogP contribution in [0, 0.1) is 5.92 Å². The molecule has 0 fully saturated rings. The van der Waals surface area contributed by atoms with Crippen molar-refractivity contribution in [2.75, 3.05) is 12.8 Å². The molecular weight excluding hydrogens is 281 g/mol. The molecule has 3 nitrogen and oxygen atoms in total. The second-order valence-electron chi connectivity index (χ2n) is 4.30. The van der Waals surface area contributed by atoms with Crippen LogP contribution in [0.5, 0.6) is 0 Å². The molecule has 1 aromatic carbocycles. The predicted molar refractivity (Wildman–Crippen MR) is 69.5 cm³/mol. The van der Waals surface area contributed by atoms with Crippen LogP contribution in [0.25, 0.3) is 0 Å². The van der Waals surface area contributed by atoms with Crippen molar-refractivity contribution in [2.45, 2.75) is 17.9 Å². The third kappa shape index (κ3) is 2.08. The second-order valence-corrected chi connectivity index (χ2v) is 7.08. The van der Waals surface area contributed by atoms with Crippen molar-refractivity contribution < 1.29 is 8.42 Å². The van der Waals surface area contributed by atoms with Gasteiger partial charge < -0.3 is 5.32 Å². The topological polar surface area (TPSA) is 46.2 Å². The molecule has 0 saturated carbocycles. The summed E-state index contributed by atoms with van der Waals surface area (Å²) in [5.41, 5.74) is 0.598. The van der Waals surface area contributed by atoms with Gasteiger partial charge in [0, 0.05) is 16.6 Å². The van der Waals surface area contributed by atoms with Gasteiger partial charge in [-0.2, -0.15) is 0 Å². The molecule has 1 aromatic rings. The quantitative estimate of drug-likeness (QED) is 0.866. The van der Waals surface area contributed by atoms with Crippen LogP contribution in [0.1, 0.15) is 18.5 Å². The van der Waals surface area contributed by atoms with Crippen LogP contribution in [0.4, 0.5) is 0 Å². The number of nitrogens with one attached hydrogen (secondary N) is 1. The first-order valence-corrected chi connectivity index (χ1v) is 7.67. The first kappa shape index (κ1) is 13.1. The van der Waals surface area contributed by atoms with Gasteiger partial charge in [0.25, 0.3) is 0 Å². The molecule has 0 aliphatic carbocycles. The normalized spacial score (nSPS) is 26.6. The number of rotatable bonds is 1. The van der Waals surface area contributed by atoms with E-state index < -0.39 is 9.84 Å². The monoisotopic (exact) mass is 293 g/mol. The summed E-state index contributed by atoms with van der Waals surface area (Å²) in [4.78, 5) is 0.184. The first-order chi connectivity index (χ1) is 7.88. The average molecular weight is 294 g/mol. The fourth-order valence-electron chi connectivity index (χ4n) is 2.39. The van der Waals surface area contributed by atoms with Gasteiger partial charge in [0.1, 0.15) is 0 Å². The molecule has 0 spiro atoms. The van der Waals surface area contributed by atoms with Crippen molar-refractivity contribution in [1.82, 2.24) is 5.32 Å². The van der Waals surface area contributed by atoms with E-state index in [0.29, 0.717) is 10.6 Å². The zero-order valence-electron chi connectivity index (χ0n) is 9.50. The second kappa shape index (κ2) is 4.43. The number of sulfone groups is 1. The van der Waals surface area contributed by atoms with Crippen molar-refractivity contribution in [3.63, 3.8) is 0 Å². The highest BCUT2D eigenvalue weighted by Crippen LogP contribution is 2.42. The van der Waals surface area contributed by atoms with Crippen molar-refractivity contribution in [3.8, 4) is 0 Å². The van der Waals surface area contributed by atoms with E-state index in [4.69, 9.17) is 23.2 Å². The zero-order valence-corrected chi connectivity index (χ0v) is 11.8. The number of halogens is 2. The van der Waals surface area contributed by atoms with Gasteiger partial charge in [-0.05, 0) is 25.1 Å². The third-order valence-electron chi connectivity index (χ3n) is 3.08. The highest BCUT2D eigenvalue weighted by Gasteiger charge is 2.37. The van der Waals surface area contributed by atoms with Crippen LogP contribution in [-0.4, -0.2) is 21.2 Å². The number of hydrogen-bond acceptors (Lipinski definition) is 3. The first-order valence-electron chi connectivity index (χ1n) is 5.26. The Bertz CT molecular complexity index is 557. The lowest BCUT2D eigenvalue weighted by Gasteiger charge is -2.32. The summed E-state index contributed by atoms with van der Waals surface area (Å²) < 4.78 is 24.3. The summed E-state index contributed by atoms with van der Waals surface area (Å²) >= 11 is 12.1. The molecule has 0 bridgehead atoms. The number of benzene rings is 1. The van der Waals surface area contributed by atoms with Gasteiger partial charge in [0.05, 0.1) is 15.7 Å². The van der Waals surface area contributed by atoms with Crippen LogP contribution in [0.3, 0.4) is 0 Å². The fourth-order valence-corrected chi connectivity index (χ4v) is 5.23. The maximum atomic E-state index is 12.1. The van der Waals surface area contributed by atoms with E-state index in [0.717, 1.165) is 0 Å². The lowest BCUT2D eigenvalue weighted by atomic mass is 9.95. The van der Waals surface area contributed by atoms with Gasteiger partial charge in [-0.3, -0.25) is 0 Å². The summed E-state index contributed by atoms with van der Waals surface area (Å²) in [5.74, 6) is 0.0550. The largest absolute Gasteiger partial charge is 0.313 e. The Morgan fingerprint density at radius 1 is 1.29 bits per heavy atom. The van der Waals surface area contributed by atoms with E-state index in [-0.39, 0.29) is 27.6 Å². The number of hydrogen-bond donors (Lipinski definition) is 1. The summed E-state index contributed by atoms with van der Waals surface area (Å²) in [6, 6.07) is 3.09. The minimum atomic E-state index is -3.34. The Labute approximate surface area is 111 Å². The molecular formula is C11H13Cl2NO2S. The minimum absolute atomic E-state index is 0.0338. The van der Waals surface area contributed by atoms with E-state index in [1.54, 1.807) is 13.1 Å². The van der Waals surface area contributed by atoms with Gasteiger partial charge in [-0.25, -0.2) is 8.42 Å². The lowest BCUT2D eigenvalue weighted by Crippen LogP contribution is -2.35. The van der Waals surface area contributed by atoms with Crippen LogP contribution in [0.2, 0.25) is 10.0 Å². The highest BCUT2D eigenvalue weighted by atomic mass is 35.5. The Morgan fingerprint density at radius 2 is 1.88 bits per heavy atom. The molecule has 1 aliphatic rings. The smallest absolute Gasteiger partial charge is 0.180 e. The highest BCUT2D eigenvalue weighted by molar-refractivity contribution is 7.91. The molecule has 94 valence electrons. The van der Waals surface area contributed by atoms with Gasteiger partial charge in [0.2, 0.25) is 0 Å². The van der Waals surface area contributed by atoms with E-state index in [1.165, 1.54) is 6.07 Å². The summed E-state index contributed by atoms with van der Waals surface area (Å²) in [6.45, 7) is 1.89. The van der Waals surface area contributed by atoms with E-state index in [1.807, 2.05) is 6.92 Å². The van der Waals surface area contributed by atoms with Crippen LogP contribution in [-0.2, 0) is 9.84 Å². The van der Waals surface area contributed by atoms with Crippen molar-refractivity contribution in [1.29, 1.82) is 0 Å². The summed E-state index contributed by atoms with van der Waals surface area (Å²) in [7, 11) is -1.55. The molecule has 2 atom stereocenters. The Balaban J connectivity index is 2.81. The zero-order chi connectivity index (χ0) is 12.8. The molecule has 0 saturated heterocycles. The number of fused-ring (bicyclic) bond motifs is 1. The van der Waals surface area contributed by atoms with E-state index in [9.17, 15) is 8.42 Å². The minimum Gasteiger partial charge on any atom is -0.313 e.